The highest BCUT2D eigenvalue weighted by Crippen LogP contribution is 2.21. The molecule has 0 N–H and O–H groups in total. The van der Waals surface area contributed by atoms with E-state index in [1.54, 1.807) is 19.2 Å². The zero-order chi connectivity index (χ0) is 12.4. The summed E-state index contributed by atoms with van der Waals surface area (Å²) in [6.07, 6.45) is 2.62. The lowest BCUT2D eigenvalue weighted by Gasteiger charge is -2.11. The number of hydrogen-bond acceptors (Lipinski definition) is 1. The van der Waals surface area contributed by atoms with Gasteiger partial charge in [-0.05, 0) is 36.4 Å². The summed E-state index contributed by atoms with van der Waals surface area (Å²) in [6.45, 7) is 2.07. The lowest BCUT2D eigenvalue weighted by Crippen LogP contribution is -2.16. The third-order valence-corrected chi connectivity index (χ3v) is 3.11. The number of rotatable bonds is 3. The van der Waals surface area contributed by atoms with Crippen molar-refractivity contribution in [1.29, 1.82) is 0 Å². The van der Waals surface area contributed by atoms with Crippen molar-refractivity contribution in [2.75, 3.05) is 0 Å². The van der Waals surface area contributed by atoms with Crippen LogP contribution in [0, 0.1) is 5.82 Å². The molecule has 0 atom stereocenters. The molecule has 2 aromatic rings. The summed E-state index contributed by atoms with van der Waals surface area (Å²) in [4.78, 5) is 11.6. The van der Waals surface area contributed by atoms with Crippen LogP contribution in [0.1, 0.15) is 25.3 Å². The van der Waals surface area contributed by atoms with Crippen LogP contribution in [0.3, 0.4) is 0 Å². The maximum atomic E-state index is 13.8. The fraction of sp³-hybridized carbons (Fsp3) is 0.357. The van der Waals surface area contributed by atoms with E-state index in [2.05, 4.69) is 6.92 Å². The van der Waals surface area contributed by atoms with Crippen LogP contribution in [-0.2, 0) is 13.5 Å². The molecule has 0 unspecified atom stereocenters. The van der Waals surface area contributed by atoms with Crippen LogP contribution in [0.2, 0.25) is 0 Å². The van der Waals surface area contributed by atoms with E-state index in [1.165, 1.54) is 16.7 Å². The summed E-state index contributed by atoms with van der Waals surface area (Å²) in [5.74, 6) is -0.216. The molecule has 2 nitrogen and oxygen atoms in total. The molecule has 1 heterocycles. The average molecular weight is 233 g/mol. The monoisotopic (exact) mass is 233 g/mol. The molecule has 0 spiro atoms. The fourth-order valence-electron chi connectivity index (χ4n) is 2.13. The Morgan fingerprint density at radius 2 is 1.94 bits per heavy atom. The molecule has 0 saturated heterocycles. The van der Waals surface area contributed by atoms with Gasteiger partial charge in [0, 0.05) is 18.7 Å². The second-order valence-electron chi connectivity index (χ2n) is 4.30. The van der Waals surface area contributed by atoms with Crippen LogP contribution in [0.4, 0.5) is 4.39 Å². The van der Waals surface area contributed by atoms with Gasteiger partial charge in [0.2, 0.25) is 0 Å². The van der Waals surface area contributed by atoms with Gasteiger partial charge in [-0.3, -0.25) is 4.79 Å². The van der Waals surface area contributed by atoms with Gasteiger partial charge in [-0.15, -0.1) is 0 Å². The lowest BCUT2D eigenvalue weighted by atomic mass is 10.0. The molecule has 17 heavy (non-hydrogen) atoms. The maximum Gasteiger partial charge on any atom is 0.250 e. The molecular formula is C14H16FNO. The minimum atomic E-state index is -0.216. The molecule has 0 bridgehead atoms. The first-order valence-corrected chi connectivity index (χ1v) is 5.92. The number of halogens is 1. The summed E-state index contributed by atoms with van der Waals surface area (Å²) >= 11 is 0. The van der Waals surface area contributed by atoms with E-state index in [4.69, 9.17) is 0 Å². The lowest BCUT2D eigenvalue weighted by molar-refractivity contribution is 0.604. The molecule has 90 valence electrons. The SMILES string of the molecule is CCCCc1c(F)ccc2ccc(=O)n(C)c12. The molecule has 0 aliphatic heterocycles. The molecule has 1 aromatic heterocycles. The van der Waals surface area contributed by atoms with E-state index in [0.29, 0.717) is 12.0 Å². The number of aromatic nitrogens is 1. The predicted octanol–water partition coefficient (Wildman–Crippen LogP) is 3.02. The minimum absolute atomic E-state index is 0.0964. The minimum Gasteiger partial charge on any atom is -0.311 e. The average Bonchev–Trinajstić information content (AvgIpc) is 2.33. The van der Waals surface area contributed by atoms with Crippen LogP contribution >= 0.6 is 0 Å². The normalized spacial score (nSPS) is 11.0. The highest BCUT2D eigenvalue weighted by Gasteiger charge is 2.10. The largest absolute Gasteiger partial charge is 0.311 e. The van der Waals surface area contributed by atoms with E-state index in [0.717, 1.165) is 23.7 Å². The van der Waals surface area contributed by atoms with Gasteiger partial charge < -0.3 is 4.57 Å². The van der Waals surface area contributed by atoms with Crippen molar-refractivity contribution in [3.63, 3.8) is 0 Å². The smallest absolute Gasteiger partial charge is 0.250 e. The molecule has 0 radical (unpaired) electrons. The summed E-state index contributed by atoms with van der Waals surface area (Å²) in [5.41, 5.74) is 1.29. The van der Waals surface area contributed by atoms with Crippen molar-refractivity contribution < 1.29 is 4.39 Å². The van der Waals surface area contributed by atoms with Crippen LogP contribution in [0.5, 0.6) is 0 Å². The summed E-state index contributed by atoms with van der Waals surface area (Å²) < 4.78 is 15.4. The first-order valence-electron chi connectivity index (χ1n) is 5.92. The van der Waals surface area contributed by atoms with Gasteiger partial charge in [-0.2, -0.15) is 0 Å². The van der Waals surface area contributed by atoms with Crippen molar-refractivity contribution in [2.24, 2.45) is 7.05 Å². The Labute approximate surface area is 99.7 Å². The van der Waals surface area contributed by atoms with Crippen molar-refractivity contribution in [1.82, 2.24) is 4.57 Å². The molecule has 3 heteroatoms. The van der Waals surface area contributed by atoms with Crippen molar-refractivity contribution in [3.05, 3.63) is 46.0 Å². The Morgan fingerprint density at radius 3 is 2.65 bits per heavy atom. The number of unbranched alkanes of at least 4 members (excludes halogenated alkanes) is 1. The molecule has 0 amide bonds. The molecule has 0 saturated carbocycles. The molecule has 1 aromatic carbocycles. The van der Waals surface area contributed by atoms with Gasteiger partial charge in [0.1, 0.15) is 5.82 Å². The molecule has 0 aliphatic rings. The third-order valence-electron chi connectivity index (χ3n) is 3.11. The molecule has 0 aliphatic carbocycles. The molecular weight excluding hydrogens is 217 g/mol. The summed E-state index contributed by atoms with van der Waals surface area (Å²) in [6, 6.07) is 6.48. The number of benzene rings is 1. The van der Waals surface area contributed by atoms with Gasteiger partial charge in [0.05, 0.1) is 5.52 Å². The number of fused-ring (bicyclic) bond motifs is 1. The third kappa shape index (κ3) is 2.09. The maximum absolute atomic E-state index is 13.8. The quantitative estimate of drug-likeness (QED) is 0.798. The van der Waals surface area contributed by atoms with E-state index in [9.17, 15) is 9.18 Å². The Bertz CT molecular complexity index is 601. The molecule has 2 rings (SSSR count). The van der Waals surface area contributed by atoms with Crippen LogP contribution in [0.25, 0.3) is 10.9 Å². The Balaban J connectivity index is 2.73. The number of nitrogens with zero attached hydrogens (tertiary/aromatic N) is 1. The van der Waals surface area contributed by atoms with Gasteiger partial charge >= 0.3 is 0 Å². The second-order valence-corrected chi connectivity index (χ2v) is 4.30. The van der Waals surface area contributed by atoms with Gasteiger partial charge in [0.25, 0.3) is 5.56 Å². The fourth-order valence-corrected chi connectivity index (χ4v) is 2.13. The standard InChI is InChI=1S/C14H16FNO/c1-3-4-5-11-12(15)8-6-10-7-9-13(17)16(2)14(10)11/h6-9H,3-5H2,1-2H3. The highest BCUT2D eigenvalue weighted by molar-refractivity contribution is 5.82. The summed E-state index contributed by atoms with van der Waals surface area (Å²) in [7, 11) is 1.69. The van der Waals surface area contributed by atoms with E-state index >= 15 is 0 Å². The van der Waals surface area contributed by atoms with Crippen molar-refractivity contribution >= 4 is 10.9 Å². The highest BCUT2D eigenvalue weighted by atomic mass is 19.1. The number of pyridine rings is 1. The van der Waals surface area contributed by atoms with E-state index in [1.807, 2.05) is 0 Å². The van der Waals surface area contributed by atoms with Crippen LogP contribution in [0.15, 0.2) is 29.1 Å². The zero-order valence-electron chi connectivity index (χ0n) is 10.2. The van der Waals surface area contributed by atoms with E-state index in [-0.39, 0.29) is 11.4 Å². The van der Waals surface area contributed by atoms with Crippen LogP contribution in [-0.4, -0.2) is 4.57 Å². The Kier molecular flexibility index (Phi) is 3.27. The number of hydrogen-bond donors (Lipinski definition) is 0. The Hall–Kier alpha value is -1.64. The number of aryl methyl sites for hydroxylation is 2. The van der Waals surface area contributed by atoms with Crippen LogP contribution < -0.4 is 5.56 Å². The second kappa shape index (κ2) is 4.70. The van der Waals surface area contributed by atoms with Gasteiger partial charge in [-0.25, -0.2) is 4.39 Å². The van der Waals surface area contributed by atoms with E-state index < -0.39 is 0 Å². The Morgan fingerprint density at radius 1 is 1.24 bits per heavy atom. The zero-order valence-corrected chi connectivity index (χ0v) is 10.2. The topological polar surface area (TPSA) is 22.0 Å². The molecule has 0 fully saturated rings. The van der Waals surface area contributed by atoms with Gasteiger partial charge in [0.15, 0.2) is 0 Å². The first kappa shape index (κ1) is 11.8. The van der Waals surface area contributed by atoms with Gasteiger partial charge in [-0.1, -0.05) is 13.3 Å². The first-order chi connectivity index (χ1) is 8.15. The van der Waals surface area contributed by atoms with Crippen molar-refractivity contribution in [2.45, 2.75) is 26.2 Å². The summed E-state index contributed by atoms with van der Waals surface area (Å²) in [5, 5.41) is 0.916. The predicted molar refractivity (Wildman–Crippen MR) is 67.8 cm³/mol. The van der Waals surface area contributed by atoms with Crippen molar-refractivity contribution in [3.8, 4) is 0 Å².